The average Bonchev–Trinajstić information content (AvgIpc) is 2.37. The molecule has 0 fully saturated rings. The Labute approximate surface area is 114 Å². The maximum absolute atomic E-state index is 5.68. The summed E-state index contributed by atoms with van der Waals surface area (Å²) in [5.41, 5.74) is 5.68. The first-order valence-electron chi connectivity index (χ1n) is 6.61. The molecule has 0 aliphatic carbocycles. The first-order valence-corrected chi connectivity index (χ1v) is 6.61. The third-order valence-corrected chi connectivity index (χ3v) is 2.53. The normalized spacial score (nSPS) is 12.2. The summed E-state index contributed by atoms with van der Waals surface area (Å²) in [6.07, 6.45) is -0.133. The molecule has 1 rings (SSSR count). The van der Waals surface area contributed by atoms with Crippen LogP contribution in [-0.4, -0.2) is 47.4 Å². The molecule has 0 saturated carbocycles. The molecule has 1 atom stereocenters. The standard InChI is InChI=1S/C12H23N5O2/c1-5-17(6-2)11-14-10(13)15-12(16-11)19-9(4)8-18-7-3/h9H,5-8H2,1-4H3,(H2,13,14,15,16). The largest absolute Gasteiger partial charge is 0.458 e. The molecule has 0 aromatic carbocycles. The van der Waals surface area contributed by atoms with Crippen LogP contribution < -0.4 is 15.4 Å². The van der Waals surface area contributed by atoms with E-state index in [0.29, 0.717) is 19.2 Å². The van der Waals surface area contributed by atoms with Gasteiger partial charge in [-0.3, -0.25) is 0 Å². The van der Waals surface area contributed by atoms with E-state index in [-0.39, 0.29) is 18.1 Å². The summed E-state index contributed by atoms with van der Waals surface area (Å²) in [6, 6.07) is 0.238. The zero-order chi connectivity index (χ0) is 14.3. The van der Waals surface area contributed by atoms with Crippen LogP contribution in [0, 0.1) is 0 Å². The Balaban J connectivity index is 2.78. The highest BCUT2D eigenvalue weighted by Gasteiger charge is 2.12. The second-order valence-corrected chi connectivity index (χ2v) is 4.04. The number of rotatable bonds is 8. The molecule has 7 nitrogen and oxygen atoms in total. The van der Waals surface area contributed by atoms with Crippen molar-refractivity contribution in [3.05, 3.63) is 0 Å². The molecule has 2 N–H and O–H groups in total. The van der Waals surface area contributed by atoms with Gasteiger partial charge in [0.2, 0.25) is 11.9 Å². The molecule has 19 heavy (non-hydrogen) atoms. The molecule has 108 valence electrons. The van der Waals surface area contributed by atoms with E-state index in [1.807, 2.05) is 32.6 Å². The van der Waals surface area contributed by atoms with Crippen LogP contribution in [0.1, 0.15) is 27.7 Å². The SMILES string of the molecule is CCOCC(C)Oc1nc(N)nc(N(CC)CC)n1. The number of hydrogen-bond donors (Lipinski definition) is 1. The van der Waals surface area contributed by atoms with Crippen molar-refractivity contribution >= 4 is 11.9 Å². The summed E-state index contributed by atoms with van der Waals surface area (Å²) in [6.45, 7) is 10.6. The van der Waals surface area contributed by atoms with Gasteiger partial charge in [0.15, 0.2) is 0 Å². The number of ether oxygens (including phenoxy) is 2. The minimum Gasteiger partial charge on any atom is -0.458 e. The first-order chi connectivity index (χ1) is 9.10. The molecule has 1 aromatic rings. The lowest BCUT2D eigenvalue weighted by atomic mass is 10.4. The predicted molar refractivity (Wildman–Crippen MR) is 74.4 cm³/mol. The summed E-state index contributed by atoms with van der Waals surface area (Å²) < 4.78 is 10.9. The van der Waals surface area contributed by atoms with Gasteiger partial charge >= 0.3 is 6.01 Å². The highest BCUT2D eigenvalue weighted by atomic mass is 16.5. The highest BCUT2D eigenvalue weighted by molar-refractivity contribution is 5.35. The zero-order valence-electron chi connectivity index (χ0n) is 12.1. The summed E-state index contributed by atoms with van der Waals surface area (Å²) in [7, 11) is 0. The van der Waals surface area contributed by atoms with Gasteiger partial charge in [-0.25, -0.2) is 0 Å². The van der Waals surface area contributed by atoms with Crippen molar-refractivity contribution in [2.45, 2.75) is 33.8 Å². The minimum absolute atomic E-state index is 0.133. The Bertz CT molecular complexity index is 384. The van der Waals surface area contributed by atoms with Gasteiger partial charge in [0.05, 0.1) is 6.61 Å². The summed E-state index contributed by atoms with van der Waals surface area (Å²) in [5.74, 6) is 0.701. The summed E-state index contributed by atoms with van der Waals surface area (Å²) in [4.78, 5) is 14.4. The van der Waals surface area contributed by atoms with Crippen LogP contribution in [0.25, 0.3) is 0 Å². The molecule has 0 radical (unpaired) electrons. The molecule has 7 heteroatoms. The lowest BCUT2D eigenvalue weighted by Crippen LogP contribution is -2.26. The molecular formula is C12H23N5O2. The van der Waals surface area contributed by atoms with Crippen LogP contribution >= 0.6 is 0 Å². The number of hydrogen-bond acceptors (Lipinski definition) is 7. The molecular weight excluding hydrogens is 246 g/mol. The Morgan fingerprint density at radius 1 is 1.16 bits per heavy atom. The van der Waals surface area contributed by atoms with Crippen molar-refractivity contribution in [1.82, 2.24) is 15.0 Å². The second-order valence-electron chi connectivity index (χ2n) is 4.04. The van der Waals surface area contributed by atoms with E-state index >= 15 is 0 Å². The second kappa shape index (κ2) is 7.73. The fourth-order valence-corrected chi connectivity index (χ4v) is 1.56. The molecule has 0 spiro atoms. The molecule has 0 aliphatic rings. The molecule has 1 aromatic heterocycles. The van der Waals surface area contributed by atoms with E-state index in [9.17, 15) is 0 Å². The molecule has 0 bridgehead atoms. The van der Waals surface area contributed by atoms with E-state index in [4.69, 9.17) is 15.2 Å². The Morgan fingerprint density at radius 3 is 2.42 bits per heavy atom. The van der Waals surface area contributed by atoms with Crippen molar-refractivity contribution in [3.8, 4) is 6.01 Å². The lowest BCUT2D eigenvalue weighted by Gasteiger charge is -2.19. The zero-order valence-corrected chi connectivity index (χ0v) is 12.1. The van der Waals surface area contributed by atoms with Crippen LogP contribution in [0.2, 0.25) is 0 Å². The molecule has 0 amide bonds. The smallest absolute Gasteiger partial charge is 0.323 e. The van der Waals surface area contributed by atoms with Crippen molar-refractivity contribution in [3.63, 3.8) is 0 Å². The highest BCUT2D eigenvalue weighted by Crippen LogP contribution is 2.14. The predicted octanol–water partition coefficient (Wildman–Crippen LogP) is 1.10. The fourth-order valence-electron chi connectivity index (χ4n) is 1.56. The lowest BCUT2D eigenvalue weighted by molar-refractivity contribution is 0.0607. The summed E-state index contributed by atoms with van der Waals surface area (Å²) >= 11 is 0. The van der Waals surface area contributed by atoms with E-state index < -0.39 is 0 Å². The van der Waals surface area contributed by atoms with Crippen LogP contribution in [0.5, 0.6) is 6.01 Å². The Hall–Kier alpha value is -1.63. The van der Waals surface area contributed by atoms with Gasteiger partial charge in [0.25, 0.3) is 0 Å². The van der Waals surface area contributed by atoms with Gasteiger partial charge in [-0.05, 0) is 27.7 Å². The Kier molecular flexibility index (Phi) is 6.27. The van der Waals surface area contributed by atoms with Crippen LogP contribution in [0.15, 0.2) is 0 Å². The molecule has 0 saturated heterocycles. The first kappa shape index (κ1) is 15.4. The monoisotopic (exact) mass is 269 g/mol. The average molecular weight is 269 g/mol. The Morgan fingerprint density at radius 2 is 1.84 bits per heavy atom. The van der Waals surface area contributed by atoms with Crippen molar-refractivity contribution in [2.24, 2.45) is 0 Å². The number of nitrogens with zero attached hydrogens (tertiary/aromatic N) is 4. The fraction of sp³-hybridized carbons (Fsp3) is 0.750. The van der Waals surface area contributed by atoms with Crippen molar-refractivity contribution in [2.75, 3.05) is 36.9 Å². The van der Waals surface area contributed by atoms with Crippen LogP contribution in [0.4, 0.5) is 11.9 Å². The van der Waals surface area contributed by atoms with Gasteiger partial charge in [-0.15, -0.1) is 0 Å². The van der Waals surface area contributed by atoms with Gasteiger partial charge < -0.3 is 20.1 Å². The van der Waals surface area contributed by atoms with Crippen LogP contribution in [0.3, 0.4) is 0 Å². The molecule has 1 heterocycles. The van der Waals surface area contributed by atoms with Gasteiger partial charge in [0, 0.05) is 19.7 Å². The van der Waals surface area contributed by atoms with Gasteiger partial charge in [0.1, 0.15) is 6.10 Å². The minimum atomic E-state index is -0.133. The van der Waals surface area contributed by atoms with Crippen molar-refractivity contribution in [1.29, 1.82) is 0 Å². The maximum atomic E-state index is 5.68. The number of nitrogen functional groups attached to an aromatic ring is 1. The van der Waals surface area contributed by atoms with Crippen molar-refractivity contribution < 1.29 is 9.47 Å². The molecule has 0 aliphatic heterocycles. The number of nitrogens with two attached hydrogens (primary N) is 1. The van der Waals surface area contributed by atoms with Gasteiger partial charge in [-0.2, -0.15) is 15.0 Å². The maximum Gasteiger partial charge on any atom is 0.323 e. The quantitative estimate of drug-likeness (QED) is 0.756. The topological polar surface area (TPSA) is 86.4 Å². The van der Waals surface area contributed by atoms with E-state index in [1.165, 1.54) is 0 Å². The molecule has 1 unspecified atom stereocenters. The number of aromatic nitrogens is 3. The third kappa shape index (κ3) is 4.86. The number of anilines is 2. The van der Waals surface area contributed by atoms with E-state index in [2.05, 4.69) is 15.0 Å². The third-order valence-electron chi connectivity index (χ3n) is 2.53. The van der Waals surface area contributed by atoms with E-state index in [0.717, 1.165) is 13.1 Å². The van der Waals surface area contributed by atoms with Gasteiger partial charge in [-0.1, -0.05) is 0 Å². The van der Waals surface area contributed by atoms with Crippen LogP contribution in [-0.2, 0) is 4.74 Å². The van der Waals surface area contributed by atoms with E-state index in [1.54, 1.807) is 0 Å². The summed E-state index contributed by atoms with van der Waals surface area (Å²) in [5, 5.41) is 0.